The number of carbonyl (C=O) groups excluding carboxylic acids is 2. The second-order valence-electron chi connectivity index (χ2n) is 6.57. The average Bonchev–Trinajstić information content (AvgIpc) is 2.68. The minimum Gasteiger partial charge on any atom is -0.339 e. The molecule has 1 heterocycles. The normalized spacial score (nSPS) is 14.1. The predicted molar refractivity (Wildman–Crippen MR) is 99.5 cm³/mol. The molecular weight excluding hydrogens is 331 g/mol. The molecule has 136 valence electrons. The van der Waals surface area contributed by atoms with E-state index in [9.17, 15) is 14.0 Å². The summed E-state index contributed by atoms with van der Waals surface area (Å²) in [6.07, 6.45) is 4.01. The van der Waals surface area contributed by atoms with Crippen LogP contribution in [-0.4, -0.2) is 29.8 Å². The van der Waals surface area contributed by atoms with Gasteiger partial charge in [0.25, 0.3) is 5.91 Å². The standard InChI is InChI=1S/C21H23FN2O2/c22-17-11-8-16(9-12-17)10-13-20(25)23-19-7-3-2-6-18(19)21(26)24-14-4-1-5-15-24/h2-3,6-9,11-12H,1,4-5,10,13-15H2,(H,23,25). The zero-order valence-electron chi connectivity index (χ0n) is 14.7. The van der Waals surface area contributed by atoms with Crippen molar-refractivity contribution in [2.24, 2.45) is 0 Å². The fourth-order valence-corrected chi connectivity index (χ4v) is 3.17. The molecule has 2 aromatic carbocycles. The maximum Gasteiger partial charge on any atom is 0.255 e. The van der Waals surface area contributed by atoms with E-state index in [0.29, 0.717) is 17.7 Å². The molecule has 1 N–H and O–H groups in total. The van der Waals surface area contributed by atoms with Gasteiger partial charge in [-0.1, -0.05) is 24.3 Å². The number of hydrogen-bond donors (Lipinski definition) is 1. The van der Waals surface area contributed by atoms with E-state index < -0.39 is 0 Å². The number of likely N-dealkylation sites (tertiary alicyclic amines) is 1. The predicted octanol–water partition coefficient (Wildman–Crippen LogP) is 4.02. The van der Waals surface area contributed by atoms with Gasteiger partial charge in [0.2, 0.25) is 5.91 Å². The lowest BCUT2D eigenvalue weighted by Crippen LogP contribution is -2.36. The highest BCUT2D eigenvalue weighted by Crippen LogP contribution is 2.20. The lowest BCUT2D eigenvalue weighted by molar-refractivity contribution is -0.116. The Morgan fingerprint density at radius 2 is 1.65 bits per heavy atom. The van der Waals surface area contributed by atoms with Crippen molar-refractivity contribution in [1.29, 1.82) is 0 Å². The van der Waals surface area contributed by atoms with E-state index in [-0.39, 0.29) is 24.1 Å². The Labute approximate surface area is 153 Å². The van der Waals surface area contributed by atoms with Gasteiger partial charge in [0.1, 0.15) is 5.82 Å². The van der Waals surface area contributed by atoms with Gasteiger partial charge in [-0.05, 0) is 55.5 Å². The van der Waals surface area contributed by atoms with Crippen LogP contribution in [0.3, 0.4) is 0 Å². The Balaban J connectivity index is 1.62. The van der Waals surface area contributed by atoms with Gasteiger partial charge in [0, 0.05) is 19.5 Å². The number of aryl methyl sites for hydroxylation is 1. The number of piperidine rings is 1. The Kier molecular flexibility index (Phi) is 6.00. The summed E-state index contributed by atoms with van der Waals surface area (Å²) in [5.41, 5.74) is 1.98. The summed E-state index contributed by atoms with van der Waals surface area (Å²) < 4.78 is 12.9. The van der Waals surface area contributed by atoms with Gasteiger partial charge in [0.05, 0.1) is 11.3 Å². The first kappa shape index (κ1) is 18.1. The van der Waals surface area contributed by atoms with Gasteiger partial charge in [0.15, 0.2) is 0 Å². The van der Waals surface area contributed by atoms with E-state index in [1.54, 1.807) is 24.3 Å². The molecule has 2 aromatic rings. The lowest BCUT2D eigenvalue weighted by Gasteiger charge is -2.27. The number of halogens is 1. The number of anilines is 1. The summed E-state index contributed by atoms with van der Waals surface area (Å²) in [5, 5.41) is 2.85. The molecule has 1 fully saturated rings. The zero-order chi connectivity index (χ0) is 18.4. The summed E-state index contributed by atoms with van der Waals surface area (Å²) in [5.74, 6) is -0.476. The topological polar surface area (TPSA) is 49.4 Å². The van der Waals surface area contributed by atoms with E-state index >= 15 is 0 Å². The van der Waals surface area contributed by atoms with Crippen molar-refractivity contribution in [2.45, 2.75) is 32.1 Å². The number of nitrogens with zero attached hydrogens (tertiary/aromatic N) is 1. The molecule has 3 rings (SSSR count). The Morgan fingerprint density at radius 1 is 0.962 bits per heavy atom. The van der Waals surface area contributed by atoms with Crippen molar-refractivity contribution in [2.75, 3.05) is 18.4 Å². The van der Waals surface area contributed by atoms with E-state index in [0.717, 1.165) is 37.9 Å². The molecule has 0 radical (unpaired) electrons. The summed E-state index contributed by atoms with van der Waals surface area (Å²) in [4.78, 5) is 26.9. The molecule has 0 bridgehead atoms. The molecule has 1 aliphatic rings. The highest BCUT2D eigenvalue weighted by molar-refractivity contribution is 6.03. The van der Waals surface area contributed by atoms with Crippen molar-refractivity contribution in [3.05, 3.63) is 65.5 Å². The summed E-state index contributed by atoms with van der Waals surface area (Å²) >= 11 is 0. The molecule has 1 saturated heterocycles. The van der Waals surface area contributed by atoms with Crippen LogP contribution in [0.25, 0.3) is 0 Å². The number of amides is 2. The van der Waals surface area contributed by atoms with Gasteiger partial charge >= 0.3 is 0 Å². The molecule has 2 amide bonds. The fourth-order valence-electron chi connectivity index (χ4n) is 3.17. The average molecular weight is 354 g/mol. The highest BCUT2D eigenvalue weighted by atomic mass is 19.1. The third-order valence-electron chi connectivity index (χ3n) is 4.63. The van der Waals surface area contributed by atoms with Gasteiger partial charge < -0.3 is 10.2 Å². The van der Waals surface area contributed by atoms with Crippen molar-refractivity contribution in [3.8, 4) is 0 Å². The lowest BCUT2D eigenvalue weighted by atomic mass is 10.1. The number of hydrogen-bond acceptors (Lipinski definition) is 2. The maximum absolute atomic E-state index is 12.9. The van der Waals surface area contributed by atoms with Crippen molar-refractivity contribution >= 4 is 17.5 Å². The third kappa shape index (κ3) is 4.69. The summed E-state index contributed by atoms with van der Waals surface area (Å²) in [6.45, 7) is 1.54. The van der Waals surface area contributed by atoms with Crippen LogP contribution < -0.4 is 5.32 Å². The van der Waals surface area contributed by atoms with Crippen molar-refractivity contribution < 1.29 is 14.0 Å². The largest absolute Gasteiger partial charge is 0.339 e. The van der Waals surface area contributed by atoms with Crippen LogP contribution in [0.1, 0.15) is 41.6 Å². The summed E-state index contributed by atoms with van der Waals surface area (Å²) in [6, 6.07) is 13.3. The van der Waals surface area contributed by atoms with Crippen LogP contribution in [0.4, 0.5) is 10.1 Å². The first-order valence-electron chi connectivity index (χ1n) is 9.06. The van der Waals surface area contributed by atoms with Gasteiger partial charge in [-0.2, -0.15) is 0 Å². The van der Waals surface area contributed by atoms with E-state index in [2.05, 4.69) is 5.32 Å². The van der Waals surface area contributed by atoms with Crippen LogP contribution >= 0.6 is 0 Å². The molecule has 0 aliphatic carbocycles. The molecule has 0 aromatic heterocycles. The van der Waals surface area contributed by atoms with E-state index in [4.69, 9.17) is 0 Å². The van der Waals surface area contributed by atoms with E-state index in [1.807, 2.05) is 17.0 Å². The number of para-hydroxylation sites is 1. The summed E-state index contributed by atoms with van der Waals surface area (Å²) in [7, 11) is 0. The van der Waals surface area contributed by atoms with Gasteiger partial charge in [-0.3, -0.25) is 9.59 Å². The Hall–Kier alpha value is -2.69. The van der Waals surface area contributed by atoms with Crippen LogP contribution in [-0.2, 0) is 11.2 Å². The first-order chi connectivity index (χ1) is 12.6. The quantitative estimate of drug-likeness (QED) is 0.881. The Morgan fingerprint density at radius 3 is 2.38 bits per heavy atom. The van der Waals surface area contributed by atoms with E-state index in [1.165, 1.54) is 12.1 Å². The molecule has 0 unspecified atom stereocenters. The molecule has 0 spiro atoms. The number of carbonyl (C=O) groups is 2. The number of benzene rings is 2. The van der Waals surface area contributed by atoms with Gasteiger partial charge in [-0.25, -0.2) is 4.39 Å². The smallest absolute Gasteiger partial charge is 0.255 e. The van der Waals surface area contributed by atoms with Crippen molar-refractivity contribution in [1.82, 2.24) is 4.90 Å². The molecule has 0 saturated carbocycles. The monoisotopic (exact) mass is 354 g/mol. The third-order valence-corrected chi connectivity index (χ3v) is 4.63. The maximum atomic E-state index is 12.9. The van der Waals surface area contributed by atoms with Crippen LogP contribution in [0.15, 0.2) is 48.5 Å². The van der Waals surface area contributed by atoms with Crippen LogP contribution in [0.2, 0.25) is 0 Å². The Bertz CT molecular complexity index is 768. The molecule has 1 aliphatic heterocycles. The molecule has 5 heteroatoms. The number of nitrogens with one attached hydrogen (secondary N) is 1. The van der Waals surface area contributed by atoms with Gasteiger partial charge in [-0.15, -0.1) is 0 Å². The SMILES string of the molecule is O=C(CCc1ccc(F)cc1)Nc1ccccc1C(=O)N1CCCCC1. The second kappa shape index (κ2) is 8.61. The zero-order valence-corrected chi connectivity index (χ0v) is 14.7. The second-order valence-corrected chi connectivity index (χ2v) is 6.57. The fraction of sp³-hybridized carbons (Fsp3) is 0.333. The first-order valence-corrected chi connectivity index (χ1v) is 9.06. The van der Waals surface area contributed by atoms with Crippen molar-refractivity contribution in [3.63, 3.8) is 0 Å². The highest BCUT2D eigenvalue weighted by Gasteiger charge is 2.21. The minimum absolute atomic E-state index is 0.0286. The molecule has 0 atom stereocenters. The molecule has 26 heavy (non-hydrogen) atoms. The molecular formula is C21H23FN2O2. The number of rotatable bonds is 5. The van der Waals surface area contributed by atoms with Crippen LogP contribution in [0, 0.1) is 5.82 Å². The minimum atomic E-state index is -0.289. The molecule has 4 nitrogen and oxygen atoms in total. The van der Waals surface area contributed by atoms with Crippen LogP contribution in [0.5, 0.6) is 0 Å².